The van der Waals surface area contributed by atoms with Gasteiger partial charge in [0.2, 0.25) is 11.7 Å². The fourth-order valence-corrected chi connectivity index (χ4v) is 3.69. The highest BCUT2D eigenvalue weighted by atomic mass is 35.5. The summed E-state index contributed by atoms with van der Waals surface area (Å²) in [5.74, 6) is -0.426. The molecule has 3 aromatic rings. The molecule has 1 unspecified atom stereocenters. The zero-order valence-electron chi connectivity index (χ0n) is 16.4. The van der Waals surface area contributed by atoms with Crippen LogP contribution in [0, 0.1) is 0 Å². The van der Waals surface area contributed by atoms with E-state index < -0.39 is 11.9 Å². The summed E-state index contributed by atoms with van der Waals surface area (Å²) in [4.78, 5) is 27.5. The van der Waals surface area contributed by atoms with Crippen molar-refractivity contribution in [2.75, 3.05) is 6.54 Å². The van der Waals surface area contributed by atoms with Crippen LogP contribution < -0.4 is 5.32 Å². The van der Waals surface area contributed by atoms with Crippen LogP contribution >= 0.6 is 11.6 Å². The number of carbonyl (C=O) groups is 2. The van der Waals surface area contributed by atoms with Gasteiger partial charge < -0.3 is 14.7 Å². The predicted molar refractivity (Wildman–Crippen MR) is 114 cm³/mol. The van der Waals surface area contributed by atoms with E-state index in [-0.39, 0.29) is 11.7 Å². The highest BCUT2D eigenvalue weighted by Gasteiger charge is 2.29. The van der Waals surface area contributed by atoms with Crippen LogP contribution in [0.2, 0.25) is 5.02 Å². The molecule has 0 spiro atoms. The third-order valence-electron chi connectivity index (χ3n) is 5.18. The van der Waals surface area contributed by atoms with Crippen molar-refractivity contribution < 1.29 is 14.1 Å². The SMILES string of the molecule is O=C(NC1CCCCN(Cc2ccc(Cl)cc2)C1=O)c1cc(-c2ccccc2)no1. The van der Waals surface area contributed by atoms with E-state index in [1.54, 1.807) is 11.0 Å². The lowest BCUT2D eigenvalue weighted by Crippen LogP contribution is -2.47. The number of hydrogen-bond acceptors (Lipinski definition) is 4. The molecule has 6 nitrogen and oxygen atoms in total. The van der Waals surface area contributed by atoms with Crippen LogP contribution in [0.25, 0.3) is 11.3 Å². The molecule has 7 heteroatoms. The Hall–Kier alpha value is -3.12. The minimum absolute atomic E-state index is 0.0846. The first-order valence-electron chi connectivity index (χ1n) is 9.96. The maximum atomic E-state index is 13.0. The van der Waals surface area contributed by atoms with E-state index in [0.29, 0.717) is 30.2 Å². The van der Waals surface area contributed by atoms with Crippen molar-refractivity contribution >= 4 is 23.4 Å². The third kappa shape index (κ3) is 4.71. The van der Waals surface area contributed by atoms with Gasteiger partial charge in [0.1, 0.15) is 11.7 Å². The molecule has 0 bridgehead atoms. The minimum atomic E-state index is -0.586. The Balaban J connectivity index is 1.43. The van der Waals surface area contributed by atoms with Crippen LogP contribution in [0.4, 0.5) is 0 Å². The van der Waals surface area contributed by atoms with Crippen molar-refractivity contribution in [3.05, 3.63) is 77.0 Å². The molecule has 1 aliphatic heterocycles. The van der Waals surface area contributed by atoms with Gasteiger partial charge in [0.25, 0.3) is 5.91 Å². The van der Waals surface area contributed by atoms with Gasteiger partial charge in [-0.25, -0.2) is 0 Å². The number of rotatable bonds is 5. The van der Waals surface area contributed by atoms with Crippen LogP contribution in [0.3, 0.4) is 0 Å². The third-order valence-corrected chi connectivity index (χ3v) is 5.43. The molecule has 1 N–H and O–H groups in total. The molecule has 4 rings (SSSR count). The topological polar surface area (TPSA) is 75.4 Å². The number of nitrogens with zero attached hydrogens (tertiary/aromatic N) is 2. The Morgan fingerprint density at radius 3 is 2.67 bits per heavy atom. The van der Waals surface area contributed by atoms with E-state index in [4.69, 9.17) is 16.1 Å². The van der Waals surface area contributed by atoms with Gasteiger partial charge in [0, 0.05) is 29.7 Å². The number of aromatic nitrogens is 1. The Bertz CT molecular complexity index is 1020. The zero-order valence-corrected chi connectivity index (χ0v) is 17.1. The maximum absolute atomic E-state index is 13.0. The second kappa shape index (κ2) is 9.13. The van der Waals surface area contributed by atoms with E-state index in [0.717, 1.165) is 24.0 Å². The fourth-order valence-electron chi connectivity index (χ4n) is 3.56. The van der Waals surface area contributed by atoms with Crippen molar-refractivity contribution in [2.45, 2.75) is 31.8 Å². The van der Waals surface area contributed by atoms with Crippen molar-refractivity contribution in [1.29, 1.82) is 0 Å². The van der Waals surface area contributed by atoms with Gasteiger partial charge in [-0.3, -0.25) is 9.59 Å². The van der Waals surface area contributed by atoms with Crippen molar-refractivity contribution in [2.24, 2.45) is 0 Å². The first-order chi connectivity index (χ1) is 14.6. The largest absolute Gasteiger partial charge is 0.350 e. The molecular weight excluding hydrogens is 402 g/mol. The summed E-state index contributed by atoms with van der Waals surface area (Å²) in [6.07, 6.45) is 2.35. The molecule has 2 aromatic carbocycles. The monoisotopic (exact) mass is 423 g/mol. The number of halogens is 1. The van der Waals surface area contributed by atoms with Crippen LogP contribution in [0.5, 0.6) is 0 Å². The summed E-state index contributed by atoms with van der Waals surface area (Å²) >= 11 is 5.95. The van der Waals surface area contributed by atoms with Crippen LogP contribution in [0.1, 0.15) is 35.4 Å². The van der Waals surface area contributed by atoms with Gasteiger partial charge in [-0.2, -0.15) is 0 Å². The molecule has 2 heterocycles. The smallest absolute Gasteiger partial charge is 0.290 e. The highest BCUT2D eigenvalue weighted by Crippen LogP contribution is 2.20. The Morgan fingerprint density at radius 1 is 1.13 bits per heavy atom. The summed E-state index contributed by atoms with van der Waals surface area (Å²) < 4.78 is 5.22. The molecule has 0 saturated carbocycles. The molecule has 1 aliphatic rings. The molecule has 0 aliphatic carbocycles. The first-order valence-corrected chi connectivity index (χ1v) is 10.3. The summed E-state index contributed by atoms with van der Waals surface area (Å²) in [6.45, 7) is 1.15. The summed E-state index contributed by atoms with van der Waals surface area (Å²) in [7, 11) is 0. The molecule has 1 fully saturated rings. The zero-order chi connectivity index (χ0) is 20.9. The molecule has 1 atom stereocenters. The van der Waals surface area contributed by atoms with E-state index in [1.165, 1.54) is 0 Å². The number of benzene rings is 2. The van der Waals surface area contributed by atoms with Gasteiger partial charge >= 0.3 is 0 Å². The van der Waals surface area contributed by atoms with Crippen LogP contribution in [-0.2, 0) is 11.3 Å². The molecule has 154 valence electrons. The molecule has 2 amide bonds. The lowest BCUT2D eigenvalue weighted by atomic mass is 10.1. The normalized spacial score (nSPS) is 16.9. The van der Waals surface area contributed by atoms with Crippen LogP contribution in [0.15, 0.2) is 65.2 Å². The quantitative estimate of drug-likeness (QED) is 0.663. The van der Waals surface area contributed by atoms with Gasteiger partial charge in [0.05, 0.1) is 0 Å². The van der Waals surface area contributed by atoms with E-state index >= 15 is 0 Å². The van der Waals surface area contributed by atoms with Gasteiger partial charge in [-0.15, -0.1) is 0 Å². The van der Waals surface area contributed by atoms with Crippen molar-refractivity contribution in [3.8, 4) is 11.3 Å². The average molecular weight is 424 g/mol. The molecule has 1 aromatic heterocycles. The average Bonchev–Trinajstić information content (AvgIpc) is 3.20. The Labute approximate surface area is 179 Å². The van der Waals surface area contributed by atoms with Crippen molar-refractivity contribution in [3.63, 3.8) is 0 Å². The first kappa shape index (κ1) is 20.2. The number of likely N-dealkylation sites (tertiary alicyclic amines) is 1. The lowest BCUT2D eigenvalue weighted by Gasteiger charge is -2.24. The Kier molecular flexibility index (Phi) is 6.14. The molecular formula is C23H22ClN3O3. The van der Waals surface area contributed by atoms with Crippen LogP contribution in [-0.4, -0.2) is 34.5 Å². The second-order valence-corrected chi connectivity index (χ2v) is 7.79. The van der Waals surface area contributed by atoms with E-state index in [9.17, 15) is 9.59 Å². The standard InChI is InChI=1S/C23H22ClN3O3/c24-18-11-9-16(10-12-18)15-27-13-5-4-8-19(23(27)29)25-22(28)21-14-20(26-30-21)17-6-2-1-3-7-17/h1-3,6-7,9-12,14,19H,4-5,8,13,15H2,(H,25,28). The van der Waals surface area contributed by atoms with Gasteiger partial charge in [-0.1, -0.05) is 59.2 Å². The number of hydrogen-bond donors (Lipinski definition) is 1. The van der Waals surface area contributed by atoms with Gasteiger partial charge in [0.15, 0.2) is 0 Å². The number of nitrogens with one attached hydrogen (secondary N) is 1. The van der Waals surface area contributed by atoms with E-state index in [1.807, 2.05) is 54.6 Å². The Morgan fingerprint density at radius 2 is 1.90 bits per heavy atom. The second-order valence-electron chi connectivity index (χ2n) is 7.35. The molecule has 0 radical (unpaired) electrons. The maximum Gasteiger partial charge on any atom is 0.290 e. The summed E-state index contributed by atoms with van der Waals surface area (Å²) in [6, 6.07) is 17.9. The lowest BCUT2D eigenvalue weighted by molar-refractivity contribution is -0.133. The minimum Gasteiger partial charge on any atom is -0.350 e. The van der Waals surface area contributed by atoms with Crippen molar-refractivity contribution in [1.82, 2.24) is 15.4 Å². The summed E-state index contributed by atoms with van der Waals surface area (Å²) in [5, 5.41) is 7.46. The highest BCUT2D eigenvalue weighted by molar-refractivity contribution is 6.30. The fraction of sp³-hybridized carbons (Fsp3) is 0.261. The number of amides is 2. The predicted octanol–water partition coefficient (Wildman–Crippen LogP) is 4.31. The van der Waals surface area contributed by atoms with E-state index in [2.05, 4.69) is 10.5 Å². The molecule has 30 heavy (non-hydrogen) atoms. The van der Waals surface area contributed by atoms with Gasteiger partial charge in [-0.05, 0) is 37.0 Å². The summed E-state index contributed by atoms with van der Waals surface area (Å²) in [5.41, 5.74) is 2.44. The molecule has 1 saturated heterocycles. The number of carbonyl (C=O) groups excluding carboxylic acids is 2.